The van der Waals surface area contributed by atoms with Gasteiger partial charge in [0.15, 0.2) is 5.58 Å². The number of oxazole rings is 1. The lowest BCUT2D eigenvalue weighted by molar-refractivity contribution is 0.620. The average molecular weight is 671 g/mol. The highest BCUT2D eigenvalue weighted by atomic mass is 32.1. The van der Waals surface area contributed by atoms with E-state index in [1.54, 1.807) is 11.3 Å². The van der Waals surface area contributed by atoms with Gasteiger partial charge in [-0.15, -0.1) is 11.3 Å². The quantitative estimate of drug-likeness (QED) is 0.176. The van der Waals surface area contributed by atoms with E-state index < -0.39 is 0 Å². The second-order valence-electron chi connectivity index (χ2n) is 12.8. The molecule has 0 spiro atoms. The summed E-state index contributed by atoms with van der Waals surface area (Å²) in [7, 11) is 0. The highest BCUT2D eigenvalue weighted by Crippen LogP contribution is 2.46. The number of hydrogen-bond donors (Lipinski definition) is 0. The van der Waals surface area contributed by atoms with Gasteiger partial charge >= 0.3 is 0 Å². The molecule has 0 aliphatic heterocycles. The van der Waals surface area contributed by atoms with Crippen LogP contribution < -0.4 is 4.90 Å². The molecule has 3 nitrogen and oxygen atoms in total. The summed E-state index contributed by atoms with van der Waals surface area (Å²) in [5, 5.41) is 4.84. The number of hydrogen-bond acceptors (Lipinski definition) is 4. The van der Waals surface area contributed by atoms with Gasteiger partial charge in [-0.05, 0) is 88.1 Å². The van der Waals surface area contributed by atoms with E-state index in [2.05, 4.69) is 163 Å². The van der Waals surface area contributed by atoms with Gasteiger partial charge in [0.25, 0.3) is 0 Å². The molecule has 0 radical (unpaired) electrons. The smallest absolute Gasteiger partial charge is 0.227 e. The number of benzene rings is 8. The van der Waals surface area contributed by atoms with Crippen LogP contribution in [0.4, 0.5) is 17.1 Å². The topological polar surface area (TPSA) is 29.3 Å². The van der Waals surface area contributed by atoms with Crippen molar-refractivity contribution >= 4 is 70.4 Å². The lowest BCUT2D eigenvalue weighted by Crippen LogP contribution is -2.11. The van der Waals surface area contributed by atoms with E-state index in [-0.39, 0.29) is 0 Å². The first-order valence-electron chi connectivity index (χ1n) is 17.1. The van der Waals surface area contributed by atoms with Crippen molar-refractivity contribution in [3.63, 3.8) is 0 Å². The van der Waals surface area contributed by atoms with Crippen LogP contribution in [-0.4, -0.2) is 4.98 Å². The predicted molar refractivity (Wildman–Crippen MR) is 215 cm³/mol. The van der Waals surface area contributed by atoms with Crippen molar-refractivity contribution in [3.8, 4) is 33.7 Å². The lowest BCUT2D eigenvalue weighted by Gasteiger charge is -2.28. The molecular weight excluding hydrogens is 641 g/mol. The molecule has 0 amide bonds. The molecule has 0 fully saturated rings. The molecule has 0 atom stereocenters. The van der Waals surface area contributed by atoms with Crippen molar-refractivity contribution in [1.82, 2.24) is 4.98 Å². The van der Waals surface area contributed by atoms with Crippen LogP contribution in [0.2, 0.25) is 0 Å². The molecule has 2 aromatic heterocycles. The van der Waals surface area contributed by atoms with Crippen LogP contribution in [0.1, 0.15) is 0 Å². The first-order chi connectivity index (χ1) is 25.3. The van der Waals surface area contributed by atoms with Crippen LogP contribution in [0, 0.1) is 0 Å². The van der Waals surface area contributed by atoms with E-state index in [1.807, 2.05) is 24.3 Å². The fourth-order valence-corrected chi connectivity index (χ4v) is 8.44. The molecule has 0 saturated heterocycles. The summed E-state index contributed by atoms with van der Waals surface area (Å²) in [5.74, 6) is 0.648. The van der Waals surface area contributed by atoms with E-state index in [4.69, 9.17) is 9.40 Å². The van der Waals surface area contributed by atoms with Gasteiger partial charge in [0.2, 0.25) is 5.89 Å². The fraction of sp³-hybridized carbons (Fsp3) is 0. The Labute approximate surface area is 299 Å². The van der Waals surface area contributed by atoms with Crippen LogP contribution in [0.5, 0.6) is 0 Å². The zero-order valence-corrected chi connectivity index (χ0v) is 28.3. The van der Waals surface area contributed by atoms with Crippen LogP contribution in [0.25, 0.3) is 75.8 Å². The van der Waals surface area contributed by atoms with Gasteiger partial charge in [-0.1, -0.05) is 121 Å². The fourth-order valence-electron chi connectivity index (χ4n) is 7.27. The SMILES string of the molecule is c1ccc(-c2ccccc2N(c2cccc(-c3ccc4ccccc4c3)c2)c2ccc3c(c2)sc2cccc(-c4nc5ccccc5o4)c23)cc1. The van der Waals surface area contributed by atoms with Crippen LogP contribution >= 0.6 is 11.3 Å². The lowest BCUT2D eigenvalue weighted by atomic mass is 9.99. The van der Waals surface area contributed by atoms with E-state index in [0.29, 0.717) is 5.89 Å². The second-order valence-corrected chi connectivity index (χ2v) is 13.9. The van der Waals surface area contributed by atoms with Crippen LogP contribution in [0.3, 0.4) is 0 Å². The van der Waals surface area contributed by atoms with Crippen molar-refractivity contribution in [2.45, 2.75) is 0 Å². The summed E-state index contributed by atoms with van der Waals surface area (Å²) in [6, 6.07) is 64.7. The first kappa shape index (κ1) is 29.4. The minimum absolute atomic E-state index is 0.648. The number of anilines is 3. The summed E-state index contributed by atoms with van der Waals surface area (Å²) < 4.78 is 8.68. The zero-order chi connectivity index (χ0) is 33.7. The second kappa shape index (κ2) is 12.1. The molecule has 4 heteroatoms. The summed E-state index contributed by atoms with van der Waals surface area (Å²) in [5.41, 5.74) is 10.7. The van der Waals surface area contributed by atoms with Gasteiger partial charge in [-0.3, -0.25) is 0 Å². The molecule has 51 heavy (non-hydrogen) atoms. The molecule has 0 saturated carbocycles. The van der Waals surface area contributed by atoms with E-state index in [1.165, 1.54) is 53.2 Å². The maximum Gasteiger partial charge on any atom is 0.227 e. The molecule has 0 bridgehead atoms. The highest BCUT2D eigenvalue weighted by molar-refractivity contribution is 7.26. The Morgan fingerprint density at radius 3 is 2.12 bits per heavy atom. The maximum atomic E-state index is 6.27. The largest absolute Gasteiger partial charge is 0.436 e. The molecule has 8 aromatic carbocycles. The van der Waals surface area contributed by atoms with Crippen molar-refractivity contribution in [2.75, 3.05) is 4.90 Å². The zero-order valence-electron chi connectivity index (χ0n) is 27.5. The Bertz CT molecular complexity index is 2850. The van der Waals surface area contributed by atoms with Gasteiger partial charge < -0.3 is 9.32 Å². The average Bonchev–Trinajstić information content (AvgIpc) is 3.80. The molecule has 240 valence electrons. The van der Waals surface area contributed by atoms with Gasteiger partial charge in [-0.2, -0.15) is 0 Å². The highest BCUT2D eigenvalue weighted by Gasteiger charge is 2.20. The molecule has 10 rings (SSSR count). The Kier molecular flexibility index (Phi) is 7.00. The minimum Gasteiger partial charge on any atom is -0.436 e. The number of fused-ring (bicyclic) bond motifs is 5. The third-order valence-electron chi connectivity index (χ3n) is 9.68. The predicted octanol–water partition coefficient (Wildman–Crippen LogP) is 13.8. The van der Waals surface area contributed by atoms with Gasteiger partial charge in [0.1, 0.15) is 5.52 Å². The van der Waals surface area contributed by atoms with Crippen LogP contribution in [-0.2, 0) is 0 Å². The first-order valence-corrected chi connectivity index (χ1v) is 17.9. The number of thiophene rings is 1. The van der Waals surface area contributed by atoms with Crippen molar-refractivity contribution in [3.05, 3.63) is 182 Å². The summed E-state index contributed by atoms with van der Waals surface area (Å²) >= 11 is 1.80. The maximum absolute atomic E-state index is 6.27. The summed E-state index contributed by atoms with van der Waals surface area (Å²) in [6.45, 7) is 0. The Balaban J connectivity index is 1.16. The Hall–Kier alpha value is -6.49. The number of rotatable bonds is 6. The van der Waals surface area contributed by atoms with E-state index in [9.17, 15) is 0 Å². The monoisotopic (exact) mass is 670 g/mol. The molecular formula is C47H30N2OS. The summed E-state index contributed by atoms with van der Waals surface area (Å²) in [4.78, 5) is 7.26. The molecule has 2 heterocycles. The van der Waals surface area contributed by atoms with Gasteiger partial charge in [0, 0.05) is 42.7 Å². The van der Waals surface area contributed by atoms with E-state index in [0.717, 1.165) is 33.7 Å². The summed E-state index contributed by atoms with van der Waals surface area (Å²) in [6.07, 6.45) is 0. The van der Waals surface area contributed by atoms with Crippen molar-refractivity contribution < 1.29 is 4.42 Å². The van der Waals surface area contributed by atoms with Crippen LogP contribution in [0.15, 0.2) is 186 Å². The normalized spacial score (nSPS) is 11.5. The third kappa shape index (κ3) is 5.16. The van der Waals surface area contributed by atoms with Crippen molar-refractivity contribution in [2.24, 2.45) is 0 Å². The molecule has 0 unspecified atom stereocenters. The molecule has 0 aliphatic rings. The van der Waals surface area contributed by atoms with Gasteiger partial charge in [0.05, 0.1) is 5.69 Å². The Morgan fingerprint density at radius 2 is 1.20 bits per heavy atom. The minimum atomic E-state index is 0.648. The number of nitrogens with zero attached hydrogens (tertiary/aromatic N) is 2. The number of aromatic nitrogens is 1. The third-order valence-corrected chi connectivity index (χ3v) is 10.8. The Morgan fingerprint density at radius 1 is 0.471 bits per heavy atom. The standard InChI is InChI=1S/C47H30N2OS/c1-2-13-32(14-3-1)38-18-6-8-21-42(38)49(36-17-10-16-34(29-36)35-25-24-31-12-4-5-15-33(31)28-35)37-26-27-39-45(30-37)51-44-23-11-19-40(46(39)44)47-48-41-20-7-9-22-43(41)50-47/h1-30H. The molecule has 0 aliphatic carbocycles. The van der Waals surface area contributed by atoms with E-state index >= 15 is 0 Å². The molecule has 10 aromatic rings. The number of para-hydroxylation sites is 3. The molecule has 0 N–H and O–H groups in total. The van der Waals surface area contributed by atoms with Gasteiger partial charge in [-0.25, -0.2) is 4.98 Å². The van der Waals surface area contributed by atoms with Crippen molar-refractivity contribution in [1.29, 1.82) is 0 Å².